The minimum atomic E-state index is -3.37. The highest BCUT2D eigenvalue weighted by Gasteiger charge is 2.15. The molecule has 0 aromatic heterocycles. The van der Waals surface area contributed by atoms with Crippen molar-refractivity contribution >= 4 is 26.7 Å². The molecule has 0 saturated carbocycles. The van der Waals surface area contributed by atoms with Crippen molar-refractivity contribution in [3.05, 3.63) is 41.5 Å². The molecule has 0 aliphatic rings. The highest BCUT2D eigenvalue weighted by atomic mass is 35.5. The smallest absolute Gasteiger partial charge is 0.252 e. The fourth-order valence-corrected chi connectivity index (χ4v) is 2.86. The van der Waals surface area contributed by atoms with Gasteiger partial charge in [-0.3, -0.25) is 4.79 Å². The monoisotopic (exact) mass is 300 g/mol. The minimum Gasteiger partial charge on any atom is -0.276 e. The van der Waals surface area contributed by atoms with Gasteiger partial charge in [-0.05, 0) is 48.6 Å². The molecular formula is C14H17ClO3S. The Bertz CT molecular complexity index is 589. The molecule has 0 unspecified atom stereocenters. The quantitative estimate of drug-likeness (QED) is 0.598. The van der Waals surface area contributed by atoms with Crippen LogP contribution in [0.2, 0.25) is 0 Å². The molecule has 0 N–H and O–H groups in total. The Balaban J connectivity index is 3.10. The van der Waals surface area contributed by atoms with Crippen LogP contribution in [0.5, 0.6) is 0 Å². The van der Waals surface area contributed by atoms with E-state index >= 15 is 0 Å². The molecule has 0 amide bonds. The first kappa shape index (κ1) is 15.9. The van der Waals surface area contributed by atoms with Gasteiger partial charge in [0.05, 0.1) is 4.90 Å². The second kappa shape index (κ2) is 6.87. The molecule has 19 heavy (non-hydrogen) atoms. The van der Waals surface area contributed by atoms with Gasteiger partial charge in [0.25, 0.3) is 5.24 Å². The van der Waals surface area contributed by atoms with E-state index in [4.69, 9.17) is 11.6 Å². The predicted molar refractivity (Wildman–Crippen MR) is 77.5 cm³/mol. The standard InChI is InChI=1S/C14H17ClO3S/c1-3-4-5-6-7-11-8-9-12(14(15)16)10-13(11)19(2,17)18/h4-5,8-10H,3,6-7H2,1-2H3. The molecular weight excluding hydrogens is 284 g/mol. The van der Waals surface area contributed by atoms with Gasteiger partial charge in [0.15, 0.2) is 9.84 Å². The Hall–Kier alpha value is -1.13. The Morgan fingerprint density at radius 2 is 2.00 bits per heavy atom. The van der Waals surface area contributed by atoms with Gasteiger partial charge in [-0.1, -0.05) is 25.1 Å². The van der Waals surface area contributed by atoms with Crippen LogP contribution in [0.4, 0.5) is 0 Å². The van der Waals surface area contributed by atoms with E-state index in [1.165, 1.54) is 6.07 Å². The maximum atomic E-state index is 11.7. The zero-order valence-corrected chi connectivity index (χ0v) is 12.6. The summed E-state index contributed by atoms with van der Waals surface area (Å²) >= 11 is 5.38. The average molecular weight is 301 g/mol. The van der Waals surface area contributed by atoms with E-state index in [9.17, 15) is 13.2 Å². The first-order valence-electron chi connectivity index (χ1n) is 6.04. The molecule has 0 aliphatic carbocycles. The molecule has 0 fully saturated rings. The Kier molecular flexibility index (Phi) is 5.76. The van der Waals surface area contributed by atoms with Gasteiger partial charge in [-0.2, -0.15) is 0 Å². The van der Waals surface area contributed by atoms with Gasteiger partial charge >= 0.3 is 0 Å². The largest absolute Gasteiger partial charge is 0.276 e. The normalized spacial score (nSPS) is 11.9. The van der Waals surface area contributed by atoms with E-state index in [2.05, 4.69) is 0 Å². The summed E-state index contributed by atoms with van der Waals surface area (Å²) < 4.78 is 23.5. The fourth-order valence-electron chi connectivity index (χ4n) is 1.75. The summed E-state index contributed by atoms with van der Waals surface area (Å²) in [6.45, 7) is 2.04. The third kappa shape index (κ3) is 4.80. The van der Waals surface area contributed by atoms with Crippen molar-refractivity contribution in [3.63, 3.8) is 0 Å². The maximum absolute atomic E-state index is 11.7. The fraction of sp³-hybridized carbons (Fsp3) is 0.357. The Labute approximate surface area is 119 Å². The molecule has 1 aromatic carbocycles. The lowest BCUT2D eigenvalue weighted by Crippen LogP contribution is -2.04. The van der Waals surface area contributed by atoms with E-state index in [-0.39, 0.29) is 10.5 Å². The van der Waals surface area contributed by atoms with Crippen molar-refractivity contribution in [3.8, 4) is 0 Å². The van der Waals surface area contributed by atoms with Crippen LogP contribution in [0, 0.1) is 0 Å². The number of halogens is 1. The Morgan fingerprint density at radius 3 is 2.53 bits per heavy atom. The lowest BCUT2D eigenvalue weighted by atomic mass is 10.1. The number of allylic oxidation sites excluding steroid dienone is 2. The molecule has 0 spiro atoms. The van der Waals surface area contributed by atoms with E-state index in [0.717, 1.165) is 19.1 Å². The van der Waals surface area contributed by atoms with Crippen LogP contribution in [0.25, 0.3) is 0 Å². The summed E-state index contributed by atoms with van der Waals surface area (Å²) in [4.78, 5) is 11.3. The van der Waals surface area contributed by atoms with Gasteiger partial charge in [0.1, 0.15) is 0 Å². The minimum absolute atomic E-state index is 0.184. The van der Waals surface area contributed by atoms with E-state index in [1.807, 2.05) is 19.1 Å². The topological polar surface area (TPSA) is 51.2 Å². The van der Waals surface area contributed by atoms with Crippen molar-refractivity contribution in [1.82, 2.24) is 0 Å². The number of benzene rings is 1. The molecule has 1 aromatic rings. The highest BCUT2D eigenvalue weighted by Crippen LogP contribution is 2.20. The van der Waals surface area contributed by atoms with Crippen LogP contribution >= 0.6 is 11.6 Å². The number of hydrogen-bond donors (Lipinski definition) is 0. The average Bonchev–Trinajstić information content (AvgIpc) is 2.33. The van der Waals surface area contributed by atoms with Crippen LogP contribution < -0.4 is 0 Å². The number of rotatable bonds is 6. The SMILES string of the molecule is CCC=CCCc1ccc(C(=O)Cl)cc1S(C)(=O)=O. The highest BCUT2D eigenvalue weighted by molar-refractivity contribution is 7.90. The van der Waals surface area contributed by atoms with Crippen molar-refractivity contribution in [2.45, 2.75) is 31.1 Å². The number of carbonyl (C=O) groups is 1. The van der Waals surface area contributed by atoms with E-state index in [1.54, 1.807) is 12.1 Å². The molecule has 0 bridgehead atoms. The van der Waals surface area contributed by atoms with Crippen LogP contribution in [0.15, 0.2) is 35.2 Å². The summed E-state index contributed by atoms with van der Waals surface area (Å²) in [5.74, 6) is 0. The van der Waals surface area contributed by atoms with Gasteiger partial charge in [0, 0.05) is 11.8 Å². The van der Waals surface area contributed by atoms with Gasteiger partial charge in [0.2, 0.25) is 0 Å². The van der Waals surface area contributed by atoms with Crippen molar-refractivity contribution in [2.75, 3.05) is 6.26 Å². The number of hydrogen-bond acceptors (Lipinski definition) is 3. The summed E-state index contributed by atoms with van der Waals surface area (Å²) in [6.07, 6.45) is 7.54. The molecule has 3 nitrogen and oxygen atoms in total. The van der Waals surface area contributed by atoms with E-state index < -0.39 is 15.1 Å². The summed E-state index contributed by atoms with van der Waals surface area (Å²) in [7, 11) is -3.37. The van der Waals surface area contributed by atoms with Crippen molar-refractivity contribution in [2.24, 2.45) is 0 Å². The molecule has 1 rings (SSSR count). The third-order valence-electron chi connectivity index (χ3n) is 2.68. The molecule has 0 radical (unpaired) electrons. The van der Waals surface area contributed by atoms with Gasteiger partial charge in [-0.25, -0.2) is 8.42 Å². The second-order valence-corrected chi connectivity index (χ2v) is 6.61. The molecule has 5 heteroatoms. The first-order chi connectivity index (χ1) is 8.86. The summed E-state index contributed by atoms with van der Waals surface area (Å²) in [5, 5.41) is -0.651. The van der Waals surface area contributed by atoms with Crippen molar-refractivity contribution in [1.29, 1.82) is 0 Å². The Morgan fingerprint density at radius 1 is 1.32 bits per heavy atom. The number of sulfone groups is 1. The molecule has 0 saturated heterocycles. The zero-order chi connectivity index (χ0) is 14.5. The van der Waals surface area contributed by atoms with Crippen molar-refractivity contribution < 1.29 is 13.2 Å². The second-order valence-electron chi connectivity index (χ2n) is 4.29. The van der Waals surface area contributed by atoms with Gasteiger partial charge < -0.3 is 0 Å². The van der Waals surface area contributed by atoms with Gasteiger partial charge in [-0.15, -0.1) is 0 Å². The third-order valence-corrected chi connectivity index (χ3v) is 4.07. The zero-order valence-electron chi connectivity index (χ0n) is 11.0. The summed E-state index contributed by atoms with van der Waals surface area (Å²) in [6, 6.07) is 4.57. The van der Waals surface area contributed by atoms with Crippen LogP contribution in [0.1, 0.15) is 35.7 Å². The maximum Gasteiger partial charge on any atom is 0.252 e. The number of carbonyl (C=O) groups excluding carboxylic acids is 1. The summed E-state index contributed by atoms with van der Waals surface area (Å²) in [5.41, 5.74) is 0.917. The molecule has 0 heterocycles. The predicted octanol–water partition coefficient (Wildman–Crippen LogP) is 3.37. The molecule has 0 aliphatic heterocycles. The lowest BCUT2D eigenvalue weighted by molar-refractivity contribution is 0.108. The van der Waals surface area contributed by atoms with Crippen LogP contribution in [0.3, 0.4) is 0 Å². The molecule has 0 atom stereocenters. The molecule has 104 valence electrons. The first-order valence-corrected chi connectivity index (χ1v) is 8.31. The van der Waals surface area contributed by atoms with E-state index in [0.29, 0.717) is 12.0 Å². The van der Waals surface area contributed by atoms with Crippen LogP contribution in [-0.4, -0.2) is 19.9 Å². The lowest BCUT2D eigenvalue weighted by Gasteiger charge is -2.08. The number of aryl methyl sites for hydroxylation is 1. The van der Waals surface area contributed by atoms with Crippen LogP contribution in [-0.2, 0) is 16.3 Å².